The molecule has 1 amide bonds. The van der Waals surface area contributed by atoms with Crippen LogP contribution in [0.4, 0.5) is 5.95 Å². The second kappa shape index (κ2) is 8.63. The molecule has 2 aliphatic rings. The summed E-state index contributed by atoms with van der Waals surface area (Å²) in [6.07, 6.45) is 7.38. The van der Waals surface area contributed by atoms with Gasteiger partial charge in [-0.15, -0.1) is 0 Å². The first-order valence-electron chi connectivity index (χ1n) is 10.6. The third kappa shape index (κ3) is 4.30. The van der Waals surface area contributed by atoms with Crippen LogP contribution in [0.5, 0.6) is 11.5 Å². The van der Waals surface area contributed by atoms with Crippen LogP contribution < -0.4 is 19.7 Å². The fourth-order valence-corrected chi connectivity index (χ4v) is 3.88. The van der Waals surface area contributed by atoms with E-state index in [1.165, 1.54) is 19.3 Å². The highest BCUT2D eigenvalue weighted by Crippen LogP contribution is 2.32. The van der Waals surface area contributed by atoms with Crippen LogP contribution in [-0.4, -0.2) is 35.8 Å². The molecule has 158 valence electrons. The van der Waals surface area contributed by atoms with Gasteiger partial charge in [0.2, 0.25) is 12.7 Å². The molecule has 5 rings (SSSR count). The highest BCUT2D eigenvalue weighted by Gasteiger charge is 2.15. The van der Waals surface area contributed by atoms with E-state index in [0.717, 1.165) is 41.5 Å². The number of ether oxygens (including phenoxy) is 2. The van der Waals surface area contributed by atoms with E-state index < -0.39 is 0 Å². The van der Waals surface area contributed by atoms with Gasteiger partial charge in [0.25, 0.3) is 5.91 Å². The minimum absolute atomic E-state index is 0.124. The largest absolute Gasteiger partial charge is 0.454 e. The van der Waals surface area contributed by atoms with Crippen molar-refractivity contribution in [2.24, 2.45) is 0 Å². The summed E-state index contributed by atoms with van der Waals surface area (Å²) in [6, 6.07) is 13.2. The Hall–Kier alpha value is -3.61. The molecule has 3 aromatic rings. The molecule has 0 bridgehead atoms. The lowest BCUT2D eigenvalue weighted by Gasteiger charge is -2.26. The van der Waals surface area contributed by atoms with Crippen molar-refractivity contribution < 1.29 is 14.3 Å². The van der Waals surface area contributed by atoms with Gasteiger partial charge in [0, 0.05) is 43.2 Å². The third-order valence-electron chi connectivity index (χ3n) is 5.65. The number of aromatic nitrogens is 2. The van der Waals surface area contributed by atoms with Crippen molar-refractivity contribution in [2.75, 3.05) is 24.8 Å². The van der Waals surface area contributed by atoms with Crippen LogP contribution in [0.3, 0.4) is 0 Å². The molecule has 7 nitrogen and oxygen atoms in total. The van der Waals surface area contributed by atoms with Crippen LogP contribution in [0.15, 0.2) is 54.9 Å². The van der Waals surface area contributed by atoms with Gasteiger partial charge in [0.15, 0.2) is 11.5 Å². The number of fused-ring (bicyclic) bond motifs is 1. The summed E-state index contributed by atoms with van der Waals surface area (Å²) in [5.41, 5.74) is 3.49. The van der Waals surface area contributed by atoms with Gasteiger partial charge in [-0.25, -0.2) is 9.97 Å². The van der Waals surface area contributed by atoms with E-state index in [-0.39, 0.29) is 12.7 Å². The molecule has 2 aromatic carbocycles. The summed E-state index contributed by atoms with van der Waals surface area (Å²) in [5.74, 6) is 2.12. The molecular weight excluding hydrogens is 392 g/mol. The monoisotopic (exact) mass is 416 g/mol. The van der Waals surface area contributed by atoms with Gasteiger partial charge in [-0.1, -0.05) is 18.2 Å². The Labute approximate surface area is 181 Å². The van der Waals surface area contributed by atoms with Crippen LogP contribution in [0, 0.1) is 0 Å². The predicted molar refractivity (Wildman–Crippen MR) is 117 cm³/mol. The van der Waals surface area contributed by atoms with E-state index >= 15 is 0 Å². The molecule has 0 radical (unpaired) electrons. The zero-order valence-corrected chi connectivity index (χ0v) is 17.2. The average Bonchev–Trinajstić information content (AvgIpc) is 3.31. The van der Waals surface area contributed by atoms with Gasteiger partial charge in [0.1, 0.15) is 0 Å². The Kier molecular flexibility index (Phi) is 5.39. The first kappa shape index (κ1) is 19.4. The summed E-state index contributed by atoms with van der Waals surface area (Å²) in [5, 5.41) is 2.94. The highest BCUT2D eigenvalue weighted by atomic mass is 16.7. The molecule has 2 aliphatic heterocycles. The molecule has 7 heteroatoms. The van der Waals surface area contributed by atoms with Crippen molar-refractivity contribution in [3.8, 4) is 22.6 Å². The lowest BCUT2D eigenvalue weighted by atomic mass is 10.1. The van der Waals surface area contributed by atoms with E-state index in [0.29, 0.717) is 17.9 Å². The number of benzene rings is 2. The summed E-state index contributed by atoms with van der Waals surface area (Å²) < 4.78 is 10.7. The molecule has 0 atom stereocenters. The van der Waals surface area contributed by atoms with Crippen molar-refractivity contribution in [3.05, 3.63) is 66.0 Å². The Morgan fingerprint density at radius 2 is 1.65 bits per heavy atom. The van der Waals surface area contributed by atoms with Crippen LogP contribution >= 0.6 is 0 Å². The standard InChI is InChI=1S/C24H24N4O3/c29-23(25-13-17-4-9-21-22(12-17)31-16-30-21)19-7-5-18(6-8-19)20-14-26-24(27-15-20)28-10-2-1-3-11-28/h4-9,12,14-15H,1-3,10-11,13,16H2,(H,25,29). The van der Waals surface area contributed by atoms with E-state index in [2.05, 4.69) is 20.2 Å². The maximum absolute atomic E-state index is 12.5. The molecule has 1 N–H and O–H groups in total. The molecule has 0 spiro atoms. The van der Waals surface area contributed by atoms with Gasteiger partial charge in [-0.05, 0) is 54.7 Å². The summed E-state index contributed by atoms with van der Waals surface area (Å²) in [4.78, 5) is 23.8. The second-order valence-electron chi connectivity index (χ2n) is 7.77. The lowest BCUT2D eigenvalue weighted by molar-refractivity contribution is 0.0951. The first-order valence-corrected chi connectivity index (χ1v) is 10.6. The average molecular weight is 416 g/mol. The van der Waals surface area contributed by atoms with Gasteiger partial charge in [-0.2, -0.15) is 0 Å². The highest BCUT2D eigenvalue weighted by molar-refractivity contribution is 5.94. The fourth-order valence-electron chi connectivity index (χ4n) is 3.88. The Morgan fingerprint density at radius 3 is 2.42 bits per heavy atom. The number of nitrogens with zero attached hydrogens (tertiary/aromatic N) is 3. The van der Waals surface area contributed by atoms with E-state index in [4.69, 9.17) is 9.47 Å². The van der Waals surface area contributed by atoms with Crippen molar-refractivity contribution >= 4 is 11.9 Å². The molecule has 0 aliphatic carbocycles. The number of hydrogen-bond donors (Lipinski definition) is 1. The van der Waals surface area contributed by atoms with E-state index in [9.17, 15) is 4.79 Å². The molecule has 1 aromatic heterocycles. The van der Waals surface area contributed by atoms with E-state index in [1.807, 2.05) is 54.9 Å². The lowest BCUT2D eigenvalue weighted by Crippen LogP contribution is -2.30. The molecule has 31 heavy (non-hydrogen) atoms. The maximum atomic E-state index is 12.5. The molecule has 1 fully saturated rings. The summed E-state index contributed by atoms with van der Waals surface area (Å²) >= 11 is 0. The van der Waals surface area contributed by atoms with Crippen LogP contribution in [0.1, 0.15) is 35.2 Å². The predicted octanol–water partition coefficient (Wildman–Crippen LogP) is 3.79. The normalized spacial score (nSPS) is 15.0. The van der Waals surface area contributed by atoms with Gasteiger partial charge in [-0.3, -0.25) is 4.79 Å². The maximum Gasteiger partial charge on any atom is 0.251 e. The number of amides is 1. The van der Waals surface area contributed by atoms with Crippen LogP contribution in [-0.2, 0) is 6.54 Å². The first-order chi connectivity index (χ1) is 15.3. The molecule has 0 unspecified atom stereocenters. The number of carbonyl (C=O) groups is 1. The minimum Gasteiger partial charge on any atom is -0.454 e. The van der Waals surface area contributed by atoms with Crippen molar-refractivity contribution in [3.63, 3.8) is 0 Å². The minimum atomic E-state index is -0.124. The summed E-state index contributed by atoms with van der Waals surface area (Å²) in [6.45, 7) is 2.71. The SMILES string of the molecule is O=C(NCc1ccc2c(c1)OCO2)c1ccc(-c2cnc(N3CCCCC3)nc2)cc1. The number of hydrogen-bond acceptors (Lipinski definition) is 6. The number of rotatable bonds is 5. The molecule has 3 heterocycles. The van der Waals surface area contributed by atoms with Gasteiger partial charge >= 0.3 is 0 Å². The smallest absolute Gasteiger partial charge is 0.251 e. The molecular formula is C24H24N4O3. The van der Waals surface area contributed by atoms with Crippen LogP contribution in [0.2, 0.25) is 0 Å². The number of carbonyl (C=O) groups excluding carboxylic acids is 1. The fraction of sp³-hybridized carbons (Fsp3) is 0.292. The Balaban J connectivity index is 1.20. The van der Waals surface area contributed by atoms with Crippen LogP contribution in [0.25, 0.3) is 11.1 Å². The zero-order chi connectivity index (χ0) is 21.0. The Morgan fingerprint density at radius 1 is 0.903 bits per heavy atom. The van der Waals surface area contributed by atoms with Gasteiger partial charge in [0.05, 0.1) is 0 Å². The number of anilines is 1. The zero-order valence-electron chi connectivity index (χ0n) is 17.2. The van der Waals surface area contributed by atoms with Crippen molar-refractivity contribution in [2.45, 2.75) is 25.8 Å². The number of nitrogens with one attached hydrogen (secondary N) is 1. The molecule has 1 saturated heterocycles. The second-order valence-corrected chi connectivity index (χ2v) is 7.77. The van der Waals surface area contributed by atoms with Crippen molar-refractivity contribution in [1.82, 2.24) is 15.3 Å². The van der Waals surface area contributed by atoms with Gasteiger partial charge < -0.3 is 19.7 Å². The Bertz CT molecular complexity index is 1060. The summed E-state index contributed by atoms with van der Waals surface area (Å²) in [7, 11) is 0. The molecule has 0 saturated carbocycles. The third-order valence-corrected chi connectivity index (χ3v) is 5.65. The van der Waals surface area contributed by atoms with Crippen molar-refractivity contribution in [1.29, 1.82) is 0 Å². The topological polar surface area (TPSA) is 76.6 Å². The van der Waals surface area contributed by atoms with E-state index in [1.54, 1.807) is 0 Å². The quantitative estimate of drug-likeness (QED) is 0.682. The number of piperidine rings is 1.